The maximum absolute atomic E-state index is 11.2. The summed E-state index contributed by atoms with van der Waals surface area (Å²) in [5.74, 6) is 0.0723. The Morgan fingerprint density at radius 2 is 2.08 bits per heavy atom. The van der Waals surface area contributed by atoms with Crippen LogP contribution in [0.25, 0.3) is 0 Å². The Labute approximate surface area is 74.0 Å². The maximum atomic E-state index is 11.2. The molecular weight excluding hydrogens is 152 g/mol. The van der Waals surface area contributed by atoms with E-state index < -0.39 is 6.04 Å². The van der Waals surface area contributed by atoms with E-state index in [1.807, 2.05) is 20.8 Å². The molecule has 0 fully saturated rings. The molecule has 0 aromatic rings. The Kier molecular flexibility index (Phi) is 4.59. The van der Waals surface area contributed by atoms with Crippen LogP contribution in [0.3, 0.4) is 0 Å². The van der Waals surface area contributed by atoms with Gasteiger partial charge in [0.05, 0.1) is 6.04 Å². The molecule has 0 radical (unpaired) electrons. The lowest BCUT2D eigenvalue weighted by Gasteiger charge is -2.14. The fraction of sp³-hybridized carbons (Fsp3) is 0.667. The molecule has 0 saturated heterocycles. The van der Waals surface area contributed by atoms with Gasteiger partial charge in [-0.1, -0.05) is 26.0 Å². The van der Waals surface area contributed by atoms with E-state index in [0.717, 1.165) is 5.57 Å². The normalized spacial score (nSPS) is 12.8. The molecule has 3 nitrogen and oxygen atoms in total. The smallest absolute Gasteiger partial charge is 0.237 e. The van der Waals surface area contributed by atoms with Crippen molar-refractivity contribution in [3.05, 3.63) is 12.2 Å². The van der Waals surface area contributed by atoms with Gasteiger partial charge in [0.2, 0.25) is 5.91 Å². The molecule has 12 heavy (non-hydrogen) atoms. The van der Waals surface area contributed by atoms with Crippen LogP contribution in [-0.2, 0) is 4.79 Å². The van der Waals surface area contributed by atoms with Crippen LogP contribution >= 0.6 is 0 Å². The Morgan fingerprint density at radius 3 is 2.42 bits per heavy atom. The zero-order valence-electron chi connectivity index (χ0n) is 8.05. The van der Waals surface area contributed by atoms with Crippen molar-refractivity contribution in [3.63, 3.8) is 0 Å². The van der Waals surface area contributed by atoms with Gasteiger partial charge in [0, 0.05) is 6.54 Å². The van der Waals surface area contributed by atoms with Gasteiger partial charge in [0.15, 0.2) is 0 Å². The molecular formula is C9H18N2O. The highest BCUT2D eigenvalue weighted by Crippen LogP contribution is 1.97. The summed E-state index contributed by atoms with van der Waals surface area (Å²) in [5.41, 5.74) is 6.53. The zero-order chi connectivity index (χ0) is 9.72. The van der Waals surface area contributed by atoms with Gasteiger partial charge in [-0.3, -0.25) is 4.79 Å². The van der Waals surface area contributed by atoms with E-state index in [-0.39, 0.29) is 11.8 Å². The molecule has 0 spiro atoms. The minimum Gasteiger partial charge on any atom is -0.351 e. The summed E-state index contributed by atoms with van der Waals surface area (Å²) in [6, 6.07) is -0.413. The van der Waals surface area contributed by atoms with E-state index in [1.165, 1.54) is 0 Å². The van der Waals surface area contributed by atoms with Crippen LogP contribution in [-0.4, -0.2) is 18.5 Å². The second kappa shape index (κ2) is 4.93. The molecule has 0 aliphatic carbocycles. The molecule has 0 rings (SSSR count). The molecule has 0 aromatic heterocycles. The number of nitrogens with two attached hydrogens (primary N) is 1. The fourth-order valence-electron chi connectivity index (χ4n) is 0.659. The van der Waals surface area contributed by atoms with Crippen molar-refractivity contribution in [2.24, 2.45) is 11.7 Å². The first-order valence-electron chi connectivity index (χ1n) is 4.12. The standard InChI is InChI=1S/C9H18N2O/c1-6(2)5-11-9(12)8(10)7(3)4/h7-8H,1,5,10H2,2-4H3,(H,11,12)/t8-/m0/s1. The third-order valence-corrected chi connectivity index (χ3v) is 1.59. The fourth-order valence-corrected chi connectivity index (χ4v) is 0.659. The molecule has 0 aliphatic rings. The maximum Gasteiger partial charge on any atom is 0.237 e. The average Bonchev–Trinajstić information content (AvgIpc) is 1.98. The van der Waals surface area contributed by atoms with Crippen molar-refractivity contribution in [1.82, 2.24) is 5.32 Å². The van der Waals surface area contributed by atoms with E-state index in [2.05, 4.69) is 11.9 Å². The lowest BCUT2D eigenvalue weighted by molar-refractivity contribution is -0.123. The molecule has 0 aliphatic heterocycles. The van der Waals surface area contributed by atoms with Crippen LogP contribution in [0.1, 0.15) is 20.8 Å². The largest absolute Gasteiger partial charge is 0.351 e. The van der Waals surface area contributed by atoms with Gasteiger partial charge in [-0.15, -0.1) is 0 Å². The van der Waals surface area contributed by atoms with Gasteiger partial charge in [0.1, 0.15) is 0 Å². The van der Waals surface area contributed by atoms with Crippen LogP contribution in [0, 0.1) is 5.92 Å². The van der Waals surface area contributed by atoms with E-state index >= 15 is 0 Å². The number of nitrogens with one attached hydrogen (secondary N) is 1. The Morgan fingerprint density at radius 1 is 1.58 bits per heavy atom. The van der Waals surface area contributed by atoms with Crippen LogP contribution in [0.5, 0.6) is 0 Å². The second-order valence-electron chi connectivity index (χ2n) is 3.44. The van der Waals surface area contributed by atoms with Gasteiger partial charge in [-0.05, 0) is 12.8 Å². The molecule has 70 valence electrons. The van der Waals surface area contributed by atoms with Crippen molar-refractivity contribution < 1.29 is 4.79 Å². The number of carbonyl (C=O) groups is 1. The molecule has 0 heterocycles. The summed E-state index contributed by atoms with van der Waals surface area (Å²) in [6.45, 7) is 9.89. The van der Waals surface area contributed by atoms with Gasteiger partial charge in [0.25, 0.3) is 0 Å². The van der Waals surface area contributed by atoms with Gasteiger partial charge >= 0.3 is 0 Å². The van der Waals surface area contributed by atoms with Crippen molar-refractivity contribution in [2.45, 2.75) is 26.8 Å². The van der Waals surface area contributed by atoms with Crippen molar-refractivity contribution in [2.75, 3.05) is 6.54 Å². The zero-order valence-corrected chi connectivity index (χ0v) is 8.05. The van der Waals surface area contributed by atoms with Crippen LogP contribution in [0.15, 0.2) is 12.2 Å². The van der Waals surface area contributed by atoms with Crippen molar-refractivity contribution in [3.8, 4) is 0 Å². The molecule has 3 heteroatoms. The quantitative estimate of drug-likeness (QED) is 0.609. The molecule has 0 unspecified atom stereocenters. The highest BCUT2D eigenvalue weighted by Gasteiger charge is 2.15. The van der Waals surface area contributed by atoms with E-state index in [1.54, 1.807) is 0 Å². The van der Waals surface area contributed by atoms with Crippen LogP contribution < -0.4 is 11.1 Å². The highest BCUT2D eigenvalue weighted by molar-refractivity contribution is 5.81. The molecule has 1 amide bonds. The van der Waals surface area contributed by atoms with Gasteiger partial charge in [-0.2, -0.15) is 0 Å². The van der Waals surface area contributed by atoms with E-state index in [0.29, 0.717) is 6.54 Å². The van der Waals surface area contributed by atoms with Gasteiger partial charge in [-0.25, -0.2) is 0 Å². The first-order valence-corrected chi connectivity index (χ1v) is 4.12. The topological polar surface area (TPSA) is 55.1 Å². The molecule has 1 atom stereocenters. The van der Waals surface area contributed by atoms with E-state index in [9.17, 15) is 4.79 Å². The number of amides is 1. The SMILES string of the molecule is C=C(C)CNC(=O)[C@@H](N)C(C)C. The van der Waals surface area contributed by atoms with E-state index in [4.69, 9.17) is 5.73 Å². The summed E-state index contributed by atoms with van der Waals surface area (Å²) in [4.78, 5) is 11.2. The molecule has 0 saturated carbocycles. The lowest BCUT2D eigenvalue weighted by Crippen LogP contribution is -2.44. The average molecular weight is 170 g/mol. The predicted octanol–water partition coefficient (Wildman–Crippen LogP) is 0.662. The third kappa shape index (κ3) is 4.13. The number of hydrogen-bond donors (Lipinski definition) is 2. The molecule has 0 bridgehead atoms. The first kappa shape index (κ1) is 11.2. The Hall–Kier alpha value is -0.830. The predicted molar refractivity (Wildman–Crippen MR) is 50.6 cm³/mol. The second-order valence-corrected chi connectivity index (χ2v) is 3.44. The summed E-state index contributed by atoms with van der Waals surface area (Å²) in [5, 5.41) is 2.70. The summed E-state index contributed by atoms with van der Waals surface area (Å²) < 4.78 is 0. The summed E-state index contributed by atoms with van der Waals surface area (Å²) >= 11 is 0. The summed E-state index contributed by atoms with van der Waals surface area (Å²) in [6.07, 6.45) is 0. The van der Waals surface area contributed by atoms with Crippen molar-refractivity contribution in [1.29, 1.82) is 0 Å². The lowest BCUT2D eigenvalue weighted by atomic mass is 10.1. The highest BCUT2D eigenvalue weighted by atomic mass is 16.2. The number of hydrogen-bond acceptors (Lipinski definition) is 2. The third-order valence-electron chi connectivity index (χ3n) is 1.59. The number of rotatable bonds is 4. The first-order chi connectivity index (χ1) is 5.45. The number of carbonyl (C=O) groups excluding carboxylic acids is 1. The Balaban J connectivity index is 3.80. The minimum atomic E-state index is -0.413. The Bertz CT molecular complexity index is 175. The molecule has 3 N–H and O–H groups in total. The molecule has 0 aromatic carbocycles. The monoisotopic (exact) mass is 170 g/mol. The summed E-state index contributed by atoms with van der Waals surface area (Å²) in [7, 11) is 0. The van der Waals surface area contributed by atoms with Crippen molar-refractivity contribution >= 4 is 5.91 Å². The minimum absolute atomic E-state index is 0.104. The van der Waals surface area contributed by atoms with Crippen LogP contribution in [0.4, 0.5) is 0 Å². The van der Waals surface area contributed by atoms with Gasteiger partial charge < -0.3 is 11.1 Å². The van der Waals surface area contributed by atoms with Crippen LogP contribution in [0.2, 0.25) is 0 Å².